The third-order valence-electron chi connectivity index (χ3n) is 3.90. The van der Waals surface area contributed by atoms with Crippen molar-refractivity contribution in [3.05, 3.63) is 40.9 Å². The van der Waals surface area contributed by atoms with Gasteiger partial charge in [-0.2, -0.15) is 0 Å². The molecule has 3 heteroatoms. The van der Waals surface area contributed by atoms with Crippen LogP contribution in [0.15, 0.2) is 30.4 Å². The molecule has 1 aliphatic carbocycles. The number of allylic oxidation sites excluding steroid dienone is 2. The summed E-state index contributed by atoms with van der Waals surface area (Å²) >= 11 is 5.95. The van der Waals surface area contributed by atoms with E-state index in [0.717, 1.165) is 30.6 Å². The number of hydrogen-bond donors (Lipinski definition) is 1. The Bertz CT molecular complexity index is 470. The van der Waals surface area contributed by atoms with Gasteiger partial charge in [0.1, 0.15) is 11.9 Å². The molecule has 1 aromatic rings. The van der Waals surface area contributed by atoms with Crippen LogP contribution < -0.4 is 4.74 Å². The van der Waals surface area contributed by atoms with Gasteiger partial charge in [-0.15, -0.1) is 0 Å². The molecule has 96 valence electrons. The van der Waals surface area contributed by atoms with E-state index in [4.69, 9.17) is 16.3 Å². The van der Waals surface area contributed by atoms with E-state index >= 15 is 0 Å². The number of halogens is 1. The summed E-state index contributed by atoms with van der Waals surface area (Å²) in [6.07, 6.45) is 8.11. The summed E-state index contributed by atoms with van der Waals surface area (Å²) in [5.74, 6) is 1.31. The Hall–Kier alpha value is -0.990. The molecule has 3 rings (SSSR count). The average molecular weight is 265 g/mol. The van der Waals surface area contributed by atoms with Gasteiger partial charge >= 0.3 is 0 Å². The van der Waals surface area contributed by atoms with Crippen molar-refractivity contribution >= 4 is 11.6 Å². The summed E-state index contributed by atoms with van der Waals surface area (Å²) in [4.78, 5) is 0. The smallest absolute Gasteiger partial charge is 0.125 e. The van der Waals surface area contributed by atoms with Gasteiger partial charge in [0, 0.05) is 17.0 Å². The van der Waals surface area contributed by atoms with Crippen LogP contribution in [0.4, 0.5) is 0 Å². The van der Waals surface area contributed by atoms with Gasteiger partial charge < -0.3 is 9.84 Å². The Balaban J connectivity index is 1.82. The van der Waals surface area contributed by atoms with Crippen molar-refractivity contribution in [3.63, 3.8) is 0 Å². The van der Waals surface area contributed by atoms with Crippen molar-refractivity contribution in [2.45, 2.75) is 37.9 Å². The molecule has 0 bridgehead atoms. The van der Waals surface area contributed by atoms with Gasteiger partial charge in [0.05, 0.1) is 6.10 Å². The van der Waals surface area contributed by atoms with Gasteiger partial charge in [-0.1, -0.05) is 23.8 Å². The maximum atomic E-state index is 10.2. The predicted molar refractivity (Wildman–Crippen MR) is 71.9 cm³/mol. The summed E-state index contributed by atoms with van der Waals surface area (Å²) in [7, 11) is 0. The second kappa shape index (κ2) is 4.94. The zero-order valence-electron chi connectivity index (χ0n) is 10.2. The lowest BCUT2D eigenvalue weighted by atomic mass is 9.84. The molecule has 2 unspecified atom stereocenters. The van der Waals surface area contributed by atoms with Crippen molar-refractivity contribution in [3.8, 4) is 5.75 Å². The van der Waals surface area contributed by atoms with Crippen LogP contribution in [0.2, 0.25) is 5.02 Å². The summed E-state index contributed by atoms with van der Waals surface area (Å²) in [5, 5.41) is 10.9. The van der Waals surface area contributed by atoms with Crippen LogP contribution in [0.25, 0.3) is 0 Å². The van der Waals surface area contributed by atoms with Crippen LogP contribution in [0.3, 0.4) is 0 Å². The lowest BCUT2D eigenvalue weighted by Gasteiger charge is -2.35. The van der Waals surface area contributed by atoms with E-state index in [1.807, 2.05) is 12.1 Å². The van der Waals surface area contributed by atoms with E-state index in [1.165, 1.54) is 0 Å². The number of ether oxygens (including phenoxy) is 1. The quantitative estimate of drug-likeness (QED) is 0.780. The van der Waals surface area contributed by atoms with E-state index in [0.29, 0.717) is 17.4 Å². The number of aliphatic hydroxyl groups excluding tert-OH is 1. The highest BCUT2D eigenvalue weighted by Gasteiger charge is 2.32. The fraction of sp³-hybridized carbons (Fsp3) is 0.467. The third-order valence-corrected chi connectivity index (χ3v) is 4.14. The lowest BCUT2D eigenvalue weighted by molar-refractivity contribution is 0.0315. The Morgan fingerprint density at radius 2 is 2.17 bits per heavy atom. The van der Waals surface area contributed by atoms with Crippen molar-refractivity contribution < 1.29 is 9.84 Å². The fourth-order valence-electron chi connectivity index (χ4n) is 2.89. The molecule has 1 heterocycles. The number of aliphatic hydroxyl groups is 1. The van der Waals surface area contributed by atoms with Gasteiger partial charge in [0.2, 0.25) is 0 Å². The van der Waals surface area contributed by atoms with Crippen LogP contribution in [-0.4, -0.2) is 11.2 Å². The first-order chi connectivity index (χ1) is 8.74. The highest BCUT2D eigenvalue weighted by Crippen LogP contribution is 2.40. The number of benzene rings is 1. The van der Waals surface area contributed by atoms with Crippen LogP contribution in [0.5, 0.6) is 5.75 Å². The summed E-state index contributed by atoms with van der Waals surface area (Å²) in [5.41, 5.74) is 0.824. The highest BCUT2D eigenvalue weighted by atomic mass is 35.5. The molecule has 0 spiro atoms. The van der Waals surface area contributed by atoms with Crippen LogP contribution in [0, 0.1) is 5.92 Å². The first-order valence-electron chi connectivity index (χ1n) is 6.53. The van der Waals surface area contributed by atoms with E-state index in [-0.39, 0.29) is 6.10 Å². The standard InChI is InChI=1S/C15H17ClO2/c16-11-6-7-14-12(8-11)13(17)9-15(18-14)10-4-2-1-3-5-10/h1-2,6-8,10,13,15,17H,3-5,9H2/t10?,13-,15?/m0/s1. The van der Waals surface area contributed by atoms with Crippen molar-refractivity contribution in [1.82, 2.24) is 0 Å². The molecular weight excluding hydrogens is 248 g/mol. The fourth-order valence-corrected chi connectivity index (χ4v) is 3.07. The molecule has 2 nitrogen and oxygen atoms in total. The second-order valence-electron chi connectivity index (χ2n) is 5.13. The minimum atomic E-state index is -0.455. The minimum absolute atomic E-state index is 0.124. The topological polar surface area (TPSA) is 29.5 Å². The SMILES string of the molecule is O[C@H]1CC(C2CC=CCC2)Oc2ccc(Cl)cc21. The van der Waals surface area contributed by atoms with Crippen molar-refractivity contribution in [1.29, 1.82) is 0 Å². The Morgan fingerprint density at radius 3 is 2.94 bits per heavy atom. The molecule has 0 radical (unpaired) electrons. The molecule has 0 saturated heterocycles. The van der Waals surface area contributed by atoms with Gasteiger partial charge in [-0.3, -0.25) is 0 Å². The molecule has 18 heavy (non-hydrogen) atoms. The Kier molecular flexibility index (Phi) is 3.31. The molecule has 1 aliphatic heterocycles. The summed E-state index contributed by atoms with van der Waals surface area (Å²) in [6.45, 7) is 0. The predicted octanol–water partition coefficient (Wildman–Crippen LogP) is 3.88. The summed E-state index contributed by atoms with van der Waals surface area (Å²) < 4.78 is 6.04. The van der Waals surface area contributed by atoms with E-state index in [1.54, 1.807) is 6.07 Å². The van der Waals surface area contributed by atoms with Crippen LogP contribution >= 0.6 is 11.6 Å². The molecule has 2 aliphatic rings. The van der Waals surface area contributed by atoms with E-state index in [9.17, 15) is 5.11 Å². The van der Waals surface area contributed by atoms with Crippen LogP contribution in [0.1, 0.15) is 37.4 Å². The monoisotopic (exact) mass is 264 g/mol. The molecular formula is C15H17ClO2. The molecule has 0 amide bonds. The molecule has 0 aromatic heterocycles. The second-order valence-corrected chi connectivity index (χ2v) is 5.57. The molecule has 1 aromatic carbocycles. The molecule has 3 atom stereocenters. The van der Waals surface area contributed by atoms with Gasteiger partial charge in [-0.05, 0) is 43.4 Å². The lowest BCUT2D eigenvalue weighted by Crippen LogP contribution is -2.33. The van der Waals surface area contributed by atoms with Crippen molar-refractivity contribution in [2.75, 3.05) is 0 Å². The normalized spacial score (nSPS) is 30.7. The Labute approximate surface area is 112 Å². The molecule has 0 fully saturated rings. The molecule has 0 saturated carbocycles. The zero-order valence-corrected chi connectivity index (χ0v) is 10.9. The first-order valence-corrected chi connectivity index (χ1v) is 6.91. The number of hydrogen-bond acceptors (Lipinski definition) is 2. The first kappa shape index (κ1) is 12.1. The maximum Gasteiger partial charge on any atom is 0.125 e. The summed E-state index contributed by atoms with van der Waals surface area (Å²) in [6, 6.07) is 5.49. The van der Waals surface area contributed by atoms with E-state index < -0.39 is 6.10 Å². The molecule has 1 N–H and O–H groups in total. The Morgan fingerprint density at radius 1 is 1.28 bits per heavy atom. The van der Waals surface area contributed by atoms with Gasteiger partial charge in [0.25, 0.3) is 0 Å². The largest absolute Gasteiger partial charge is 0.490 e. The average Bonchev–Trinajstić information content (AvgIpc) is 2.40. The zero-order chi connectivity index (χ0) is 12.5. The maximum absolute atomic E-state index is 10.2. The number of rotatable bonds is 1. The van der Waals surface area contributed by atoms with Gasteiger partial charge in [0.15, 0.2) is 0 Å². The van der Waals surface area contributed by atoms with Crippen LogP contribution in [-0.2, 0) is 0 Å². The van der Waals surface area contributed by atoms with E-state index in [2.05, 4.69) is 12.2 Å². The number of fused-ring (bicyclic) bond motifs is 1. The minimum Gasteiger partial charge on any atom is -0.490 e. The highest BCUT2D eigenvalue weighted by molar-refractivity contribution is 6.30. The van der Waals surface area contributed by atoms with Gasteiger partial charge in [-0.25, -0.2) is 0 Å². The third kappa shape index (κ3) is 2.27. The van der Waals surface area contributed by atoms with Crippen molar-refractivity contribution in [2.24, 2.45) is 5.92 Å².